The Labute approximate surface area is 135 Å². The second-order valence-corrected chi connectivity index (χ2v) is 5.79. The maximum atomic E-state index is 9.11. The van der Waals surface area contributed by atoms with Gasteiger partial charge in [0.05, 0.1) is 19.7 Å². The number of aliphatic hydroxyl groups excluding tert-OH is 1. The largest absolute Gasteiger partial charge is 0.394 e. The van der Waals surface area contributed by atoms with Gasteiger partial charge in [0.2, 0.25) is 0 Å². The summed E-state index contributed by atoms with van der Waals surface area (Å²) in [5, 5.41) is 17.4. The number of aliphatic hydroxyl groups is 1. The van der Waals surface area contributed by atoms with Crippen LogP contribution < -0.4 is 0 Å². The van der Waals surface area contributed by atoms with Crippen LogP contribution in [-0.4, -0.2) is 56.7 Å². The number of likely N-dealkylation sites (tertiary alicyclic amines) is 1. The molecule has 23 heavy (non-hydrogen) atoms. The van der Waals surface area contributed by atoms with Crippen LogP contribution in [0.1, 0.15) is 36.2 Å². The molecule has 1 fully saturated rings. The molecule has 0 bridgehead atoms. The highest BCUT2D eigenvalue weighted by molar-refractivity contribution is 5.09. The van der Waals surface area contributed by atoms with E-state index in [9.17, 15) is 0 Å². The van der Waals surface area contributed by atoms with Crippen molar-refractivity contribution in [2.24, 2.45) is 0 Å². The summed E-state index contributed by atoms with van der Waals surface area (Å²) in [7, 11) is 1.61. The van der Waals surface area contributed by atoms with Gasteiger partial charge in [-0.25, -0.2) is 0 Å². The Kier molecular flexibility index (Phi) is 5.37. The van der Waals surface area contributed by atoms with E-state index in [-0.39, 0.29) is 6.61 Å². The molecule has 1 aliphatic rings. The second-order valence-electron chi connectivity index (χ2n) is 5.79. The van der Waals surface area contributed by atoms with Crippen molar-refractivity contribution in [2.75, 3.05) is 26.8 Å². The number of hydrogen-bond donors (Lipinski definition) is 1. The standard InChI is InChI=1S/C15H23N5O3/c1-22-11-15-17-14(18-23-15)10-19-6-3-12(4-7-19)13-2-5-16-20(13)8-9-21/h2,5,12,21H,3-4,6-11H2,1H3. The van der Waals surface area contributed by atoms with E-state index in [4.69, 9.17) is 14.4 Å². The van der Waals surface area contributed by atoms with Crippen molar-refractivity contribution < 1.29 is 14.4 Å². The molecule has 1 aliphatic heterocycles. The number of hydrogen-bond acceptors (Lipinski definition) is 7. The lowest BCUT2D eigenvalue weighted by Crippen LogP contribution is -2.33. The van der Waals surface area contributed by atoms with Crippen molar-refractivity contribution in [3.05, 3.63) is 29.7 Å². The van der Waals surface area contributed by atoms with Crippen molar-refractivity contribution >= 4 is 0 Å². The maximum Gasteiger partial charge on any atom is 0.252 e. The van der Waals surface area contributed by atoms with Crippen LogP contribution in [0.2, 0.25) is 0 Å². The number of methoxy groups -OCH3 is 1. The first-order chi connectivity index (χ1) is 11.3. The summed E-state index contributed by atoms with van der Waals surface area (Å²) in [6.45, 7) is 3.72. The molecule has 126 valence electrons. The summed E-state index contributed by atoms with van der Waals surface area (Å²) in [5.41, 5.74) is 1.22. The molecule has 0 aliphatic carbocycles. The van der Waals surface area contributed by atoms with Gasteiger partial charge >= 0.3 is 0 Å². The molecule has 0 unspecified atom stereocenters. The van der Waals surface area contributed by atoms with Crippen molar-refractivity contribution in [3.8, 4) is 0 Å². The van der Waals surface area contributed by atoms with E-state index in [0.717, 1.165) is 25.9 Å². The van der Waals surface area contributed by atoms with Crippen molar-refractivity contribution in [2.45, 2.75) is 38.5 Å². The summed E-state index contributed by atoms with van der Waals surface area (Å²) >= 11 is 0. The van der Waals surface area contributed by atoms with Crippen LogP contribution in [0.4, 0.5) is 0 Å². The molecule has 0 amide bonds. The molecule has 0 saturated carbocycles. The van der Waals surface area contributed by atoms with Gasteiger partial charge < -0.3 is 14.4 Å². The van der Waals surface area contributed by atoms with Crippen LogP contribution >= 0.6 is 0 Å². The minimum atomic E-state index is 0.120. The van der Waals surface area contributed by atoms with E-state index < -0.39 is 0 Å². The van der Waals surface area contributed by atoms with Crippen LogP contribution in [0.3, 0.4) is 0 Å². The van der Waals surface area contributed by atoms with Gasteiger partial charge in [-0.3, -0.25) is 9.58 Å². The number of nitrogens with zero attached hydrogens (tertiary/aromatic N) is 5. The van der Waals surface area contributed by atoms with Gasteiger partial charge in [-0.15, -0.1) is 0 Å². The summed E-state index contributed by atoms with van der Waals surface area (Å²) in [5.74, 6) is 1.72. The minimum Gasteiger partial charge on any atom is -0.394 e. The third-order valence-electron chi connectivity index (χ3n) is 4.21. The molecular weight excluding hydrogens is 298 g/mol. The predicted octanol–water partition coefficient (Wildman–Crippen LogP) is 0.784. The summed E-state index contributed by atoms with van der Waals surface area (Å²) in [6, 6.07) is 2.06. The molecule has 1 saturated heterocycles. The first-order valence-electron chi connectivity index (χ1n) is 7.95. The fourth-order valence-electron chi connectivity index (χ4n) is 3.09. The van der Waals surface area contributed by atoms with Crippen LogP contribution in [0, 0.1) is 0 Å². The SMILES string of the molecule is COCc1nc(CN2CCC(c3ccnn3CCO)CC2)no1. The van der Waals surface area contributed by atoms with E-state index in [1.54, 1.807) is 7.11 Å². The molecular formula is C15H23N5O3. The highest BCUT2D eigenvalue weighted by atomic mass is 16.5. The molecule has 0 spiro atoms. The smallest absolute Gasteiger partial charge is 0.252 e. The second kappa shape index (κ2) is 7.67. The molecule has 8 heteroatoms. The molecule has 2 aromatic rings. The van der Waals surface area contributed by atoms with Gasteiger partial charge in [0.15, 0.2) is 5.82 Å². The lowest BCUT2D eigenvalue weighted by atomic mass is 9.93. The van der Waals surface area contributed by atoms with E-state index in [1.165, 1.54) is 5.69 Å². The van der Waals surface area contributed by atoms with Crippen LogP contribution in [-0.2, 0) is 24.4 Å². The van der Waals surface area contributed by atoms with E-state index >= 15 is 0 Å². The lowest BCUT2D eigenvalue weighted by molar-refractivity contribution is 0.151. The maximum absolute atomic E-state index is 9.11. The fraction of sp³-hybridized carbons (Fsp3) is 0.667. The Bertz CT molecular complexity index is 604. The number of aromatic nitrogens is 4. The van der Waals surface area contributed by atoms with Crippen molar-refractivity contribution in [3.63, 3.8) is 0 Å². The summed E-state index contributed by atoms with van der Waals surface area (Å²) < 4.78 is 12.0. The molecule has 0 radical (unpaired) electrons. The third-order valence-corrected chi connectivity index (χ3v) is 4.21. The van der Waals surface area contributed by atoms with Crippen molar-refractivity contribution in [1.29, 1.82) is 0 Å². The average Bonchev–Trinajstić information content (AvgIpc) is 3.19. The van der Waals surface area contributed by atoms with E-state index in [0.29, 0.717) is 37.3 Å². The van der Waals surface area contributed by atoms with Gasteiger partial charge in [0, 0.05) is 24.9 Å². The summed E-state index contributed by atoms with van der Waals surface area (Å²) in [4.78, 5) is 6.65. The van der Waals surface area contributed by atoms with Crippen molar-refractivity contribution in [1.82, 2.24) is 24.8 Å². The Morgan fingerprint density at radius 3 is 2.96 bits per heavy atom. The first kappa shape index (κ1) is 16.1. The van der Waals surface area contributed by atoms with E-state index in [1.807, 2.05) is 10.9 Å². The topological polar surface area (TPSA) is 89.4 Å². The highest BCUT2D eigenvalue weighted by Gasteiger charge is 2.24. The Morgan fingerprint density at radius 1 is 1.39 bits per heavy atom. The normalized spacial score (nSPS) is 17.0. The lowest BCUT2D eigenvalue weighted by Gasteiger charge is -2.31. The zero-order valence-corrected chi connectivity index (χ0v) is 13.4. The number of ether oxygens (including phenoxy) is 1. The molecule has 0 atom stereocenters. The van der Waals surface area contributed by atoms with Gasteiger partial charge in [-0.05, 0) is 32.0 Å². The molecule has 1 N–H and O–H groups in total. The third kappa shape index (κ3) is 3.95. The fourth-order valence-corrected chi connectivity index (χ4v) is 3.09. The monoisotopic (exact) mass is 321 g/mol. The Balaban J connectivity index is 1.52. The van der Waals surface area contributed by atoms with Gasteiger partial charge in [0.1, 0.15) is 6.61 Å². The predicted molar refractivity (Wildman–Crippen MR) is 81.6 cm³/mol. The number of rotatable bonds is 7. The molecule has 3 heterocycles. The number of piperidine rings is 1. The molecule has 0 aromatic carbocycles. The van der Waals surface area contributed by atoms with E-state index in [2.05, 4.69) is 26.2 Å². The van der Waals surface area contributed by atoms with Gasteiger partial charge in [-0.1, -0.05) is 5.16 Å². The summed E-state index contributed by atoms with van der Waals surface area (Å²) in [6.07, 6.45) is 3.95. The molecule has 8 nitrogen and oxygen atoms in total. The first-order valence-corrected chi connectivity index (χ1v) is 7.95. The van der Waals surface area contributed by atoms with Gasteiger partial charge in [0.25, 0.3) is 5.89 Å². The Hall–Kier alpha value is -1.77. The molecule has 3 rings (SSSR count). The van der Waals surface area contributed by atoms with Crippen LogP contribution in [0.25, 0.3) is 0 Å². The highest BCUT2D eigenvalue weighted by Crippen LogP contribution is 2.28. The Morgan fingerprint density at radius 2 is 2.22 bits per heavy atom. The average molecular weight is 321 g/mol. The van der Waals surface area contributed by atoms with Crippen LogP contribution in [0.5, 0.6) is 0 Å². The van der Waals surface area contributed by atoms with Crippen LogP contribution in [0.15, 0.2) is 16.8 Å². The zero-order valence-electron chi connectivity index (χ0n) is 13.4. The minimum absolute atomic E-state index is 0.120. The van der Waals surface area contributed by atoms with Gasteiger partial charge in [-0.2, -0.15) is 10.1 Å². The zero-order chi connectivity index (χ0) is 16.1. The quantitative estimate of drug-likeness (QED) is 0.806. The molecule has 2 aromatic heterocycles.